The van der Waals surface area contributed by atoms with Crippen LogP contribution in [0.1, 0.15) is 25.7 Å². The molecule has 6 heteroatoms. The van der Waals surface area contributed by atoms with E-state index in [1.165, 1.54) is 0 Å². The van der Waals surface area contributed by atoms with E-state index in [-0.39, 0.29) is 10.8 Å². The van der Waals surface area contributed by atoms with Gasteiger partial charge in [0.1, 0.15) is 0 Å². The Kier molecular flexibility index (Phi) is 8.91. The van der Waals surface area contributed by atoms with Gasteiger partial charge in [-0.25, -0.2) is 0 Å². The maximum absolute atomic E-state index is 5.96. The van der Waals surface area contributed by atoms with Gasteiger partial charge in [-0.15, -0.1) is 34.8 Å². The van der Waals surface area contributed by atoms with E-state index in [0.29, 0.717) is 12.3 Å². The first-order valence-corrected chi connectivity index (χ1v) is 6.80. The minimum absolute atomic E-state index is 0.00768. The summed E-state index contributed by atoms with van der Waals surface area (Å²) in [5.41, 5.74) is 0. The zero-order chi connectivity index (χ0) is 11.2. The summed E-state index contributed by atoms with van der Waals surface area (Å²) in [5, 5.41) is -0.116. The van der Waals surface area contributed by atoms with Crippen molar-refractivity contribution in [3.05, 3.63) is 0 Å². The van der Waals surface area contributed by atoms with E-state index in [4.69, 9.17) is 69.6 Å². The highest BCUT2D eigenvalue weighted by atomic mass is 35.6. The number of alkyl halides is 6. The molecule has 0 saturated heterocycles. The summed E-state index contributed by atoms with van der Waals surface area (Å²) < 4.78 is -1.26. The van der Waals surface area contributed by atoms with Gasteiger partial charge in [0, 0.05) is 23.1 Å². The molecule has 2 atom stereocenters. The van der Waals surface area contributed by atoms with Gasteiger partial charge in [-0.2, -0.15) is 0 Å². The molecule has 0 aromatic heterocycles. The third kappa shape index (κ3) is 10.3. The molecule has 0 aromatic carbocycles. The Balaban J connectivity index is 3.50. The van der Waals surface area contributed by atoms with Crippen molar-refractivity contribution in [1.29, 1.82) is 0 Å². The largest absolute Gasteiger partial charge is 0.192 e. The number of rotatable bonds is 6. The number of halogens is 6. The van der Waals surface area contributed by atoms with E-state index in [0.717, 1.165) is 19.3 Å². The highest BCUT2D eigenvalue weighted by Crippen LogP contribution is 2.34. The summed E-state index contributed by atoms with van der Waals surface area (Å²) in [6.07, 6.45) is 2.88. The van der Waals surface area contributed by atoms with Crippen LogP contribution in [0.5, 0.6) is 0 Å². The molecule has 0 nitrogen and oxygen atoms in total. The fourth-order valence-corrected chi connectivity index (χ4v) is 2.48. The zero-order valence-corrected chi connectivity index (χ0v) is 12.0. The highest BCUT2D eigenvalue weighted by Gasteiger charge is 2.23. The summed E-state index contributed by atoms with van der Waals surface area (Å²) in [4.78, 5) is 0. The first kappa shape index (κ1) is 15.7. The second kappa shape index (κ2) is 7.92. The third-order valence-corrected chi connectivity index (χ3v) is 3.39. The highest BCUT2D eigenvalue weighted by molar-refractivity contribution is 6.67. The smallest absolute Gasteiger partial charge is 0.125 e. The van der Waals surface area contributed by atoms with E-state index in [1.54, 1.807) is 0 Å². The first-order valence-electron chi connectivity index (χ1n) is 4.26. The Morgan fingerprint density at radius 3 is 1.86 bits per heavy atom. The van der Waals surface area contributed by atoms with Crippen molar-refractivity contribution in [2.24, 2.45) is 0 Å². The summed E-state index contributed by atoms with van der Waals surface area (Å²) in [5.74, 6) is 0.457. The molecule has 2 unspecified atom stereocenters. The van der Waals surface area contributed by atoms with Crippen LogP contribution in [0.25, 0.3) is 0 Å². The van der Waals surface area contributed by atoms with Gasteiger partial charge < -0.3 is 0 Å². The standard InChI is InChI=1S/C8H12Cl6/c9-5-7(11)3-1-2-6(10)4-8(12,13)14/h6-7H,1-5H2. The van der Waals surface area contributed by atoms with Crippen molar-refractivity contribution in [2.75, 3.05) is 5.88 Å². The molecule has 0 aliphatic heterocycles. The van der Waals surface area contributed by atoms with Crippen molar-refractivity contribution >= 4 is 69.6 Å². The molecule has 14 heavy (non-hydrogen) atoms. The van der Waals surface area contributed by atoms with Gasteiger partial charge in [0.25, 0.3) is 0 Å². The monoisotopic (exact) mass is 318 g/mol. The van der Waals surface area contributed by atoms with E-state index in [9.17, 15) is 0 Å². The Bertz CT molecular complexity index is 143. The van der Waals surface area contributed by atoms with Crippen LogP contribution >= 0.6 is 69.6 Å². The van der Waals surface area contributed by atoms with Crippen LogP contribution < -0.4 is 0 Å². The quantitative estimate of drug-likeness (QED) is 0.577. The lowest BCUT2D eigenvalue weighted by atomic mass is 10.1. The second-order valence-corrected chi connectivity index (χ2v) is 7.16. The van der Waals surface area contributed by atoms with Crippen molar-refractivity contribution in [1.82, 2.24) is 0 Å². The van der Waals surface area contributed by atoms with Gasteiger partial charge in [-0.05, 0) is 12.8 Å². The normalized spacial score (nSPS) is 16.7. The van der Waals surface area contributed by atoms with Crippen molar-refractivity contribution < 1.29 is 0 Å². The maximum atomic E-state index is 5.96. The Labute approximate surface area is 115 Å². The topological polar surface area (TPSA) is 0 Å². The summed E-state index contributed by atoms with van der Waals surface area (Å²) >= 11 is 34.1. The van der Waals surface area contributed by atoms with Crippen molar-refractivity contribution in [2.45, 2.75) is 40.2 Å². The van der Waals surface area contributed by atoms with Crippen molar-refractivity contribution in [3.8, 4) is 0 Å². The lowest BCUT2D eigenvalue weighted by Gasteiger charge is -2.15. The molecular weight excluding hydrogens is 309 g/mol. The van der Waals surface area contributed by atoms with Crippen LogP contribution in [0.15, 0.2) is 0 Å². The Hall–Kier alpha value is 1.74. The first-order chi connectivity index (χ1) is 6.35. The number of hydrogen-bond donors (Lipinski definition) is 0. The molecule has 0 aromatic rings. The molecule has 0 aliphatic rings. The van der Waals surface area contributed by atoms with Crippen LogP contribution in [-0.2, 0) is 0 Å². The van der Waals surface area contributed by atoms with Gasteiger partial charge in [0.15, 0.2) is 3.79 Å². The lowest BCUT2D eigenvalue weighted by Crippen LogP contribution is -2.12. The van der Waals surface area contributed by atoms with Crippen LogP contribution in [-0.4, -0.2) is 20.4 Å². The van der Waals surface area contributed by atoms with E-state index >= 15 is 0 Å². The van der Waals surface area contributed by atoms with Crippen molar-refractivity contribution in [3.63, 3.8) is 0 Å². The van der Waals surface area contributed by atoms with Gasteiger partial charge in [-0.1, -0.05) is 41.2 Å². The van der Waals surface area contributed by atoms with Crippen LogP contribution in [0.4, 0.5) is 0 Å². The molecule has 0 saturated carbocycles. The molecule has 0 radical (unpaired) electrons. The predicted molar refractivity (Wildman–Crippen MR) is 68.8 cm³/mol. The van der Waals surface area contributed by atoms with Gasteiger partial charge in [0.2, 0.25) is 0 Å². The SMILES string of the molecule is ClCC(Cl)CCCC(Cl)CC(Cl)(Cl)Cl. The average Bonchev–Trinajstić information content (AvgIpc) is 2.00. The maximum Gasteiger partial charge on any atom is 0.192 e. The van der Waals surface area contributed by atoms with Gasteiger partial charge in [-0.3, -0.25) is 0 Å². The van der Waals surface area contributed by atoms with Gasteiger partial charge in [0.05, 0.1) is 0 Å². The Morgan fingerprint density at radius 1 is 0.929 bits per heavy atom. The fraction of sp³-hybridized carbons (Fsp3) is 1.00. The van der Waals surface area contributed by atoms with Gasteiger partial charge >= 0.3 is 0 Å². The van der Waals surface area contributed by atoms with E-state index in [2.05, 4.69) is 0 Å². The summed E-state index contributed by atoms with van der Waals surface area (Å²) in [7, 11) is 0. The molecule has 0 aliphatic carbocycles. The predicted octanol–water partition coefficient (Wildman–Crippen LogP) is 5.37. The molecular formula is C8H12Cl6. The Morgan fingerprint density at radius 2 is 1.43 bits per heavy atom. The van der Waals surface area contributed by atoms with Crippen LogP contribution in [0, 0.1) is 0 Å². The molecule has 0 spiro atoms. The van der Waals surface area contributed by atoms with Crippen LogP contribution in [0.3, 0.4) is 0 Å². The molecule has 86 valence electrons. The zero-order valence-electron chi connectivity index (χ0n) is 7.46. The minimum atomic E-state index is -1.26. The molecule has 0 N–H and O–H groups in total. The summed E-state index contributed by atoms with van der Waals surface area (Å²) in [6, 6.07) is 0. The fourth-order valence-electron chi connectivity index (χ4n) is 0.991. The summed E-state index contributed by atoms with van der Waals surface area (Å²) in [6.45, 7) is 0. The van der Waals surface area contributed by atoms with Crippen LogP contribution in [0.2, 0.25) is 0 Å². The molecule has 0 amide bonds. The molecule has 0 fully saturated rings. The van der Waals surface area contributed by atoms with E-state index in [1.807, 2.05) is 0 Å². The molecule has 0 bridgehead atoms. The second-order valence-electron chi connectivity index (χ2n) is 3.10. The minimum Gasteiger partial charge on any atom is -0.125 e. The lowest BCUT2D eigenvalue weighted by molar-refractivity contribution is 0.623. The number of hydrogen-bond acceptors (Lipinski definition) is 0. The third-order valence-electron chi connectivity index (χ3n) is 1.66. The molecule has 0 heterocycles. The molecule has 0 rings (SSSR count). The van der Waals surface area contributed by atoms with E-state index < -0.39 is 3.79 Å². The average molecular weight is 321 g/mol.